The Morgan fingerprint density at radius 2 is 1.67 bits per heavy atom. The van der Waals surface area contributed by atoms with Gasteiger partial charge in [0.1, 0.15) is 0 Å². The third kappa shape index (κ3) is 4.39. The summed E-state index contributed by atoms with van der Waals surface area (Å²) in [5.74, 6) is -1.79. The lowest BCUT2D eigenvalue weighted by Crippen LogP contribution is -2.34. The molecular formula is C13H13N3O5. The molecule has 0 saturated carbocycles. The molecule has 2 N–H and O–H groups in total. The van der Waals surface area contributed by atoms with E-state index < -0.39 is 25.0 Å². The van der Waals surface area contributed by atoms with Crippen molar-refractivity contribution in [3.05, 3.63) is 36.2 Å². The third-order valence-electron chi connectivity index (χ3n) is 2.56. The van der Waals surface area contributed by atoms with Gasteiger partial charge in [0.25, 0.3) is 0 Å². The van der Waals surface area contributed by atoms with Gasteiger partial charge in [0.15, 0.2) is 0 Å². The first-order chi connectivity index (χ1) is 10.0. The average Bonchev–Trinajstić information content (AvgIpc) is 2.86. The monoisotopic (exact) mass is 291 g/mol. The van der Waals surface area contributed by atoms with E-state index in [2.05, 4.69) is 10.2 Å². The van der Waals surface area contributed by atoms with Gasteiger partial charge in [-0.05, 0) is 12.1 Å². The quantitative estimate of drug-likeness (QED) is 0.766. The van der Waals surface area contributed by atoms with Crippen LogP contribution in [0.25, 0.3) is 11.5 Å². The van der Waals surface area contributed by atoms with Gasteiger partial charge in [-0.3, -0.25) is 14.5 Å². The number of rotatable bonds is 7. The molecule has 0 unspecified atom stereocenters. The van der Waals surface area contributed by atoms with E-state index in [-0.39, 0.29) is 12.4 Å². The van der Waals surface area contributed by atoms with Gasteiger partial charge in [-0.2, -0.15) is 0 Å². The Bertz CT molecular complexity index is 610. The molecule has 2 rings (SSSR count). The van der Waals surface area contributed by atoms with Crippen molar-refractivity contribution in [1.82, 2.24) is 15.1 Å². The maximum absolute atomic E-state index is 10.7. The highest BCUT2D eigenvalue weighted by Gasteiger charge is 2.17. The minimum absolute atomic E-state index is 0.0432. The van der Waals surface area contributed by atoms with Gasteiger partial charge in [0, 0.05) is 5.56 Å². The molecule has 0 aliphatic rings. The number of aromatic nitrogens is 2. The van der Waals surface area contributed by atoms with E-state index in [1.807, 2.05) is 18.2 Å². The smallest absolute Gasteiger partial charge is 0.317 e. The van der Waals surface area contributed by atoms with E-state index in [9.17, 15) is 9.59 Å². The molecule has 0 spiro atoms. The van der Waals surface area contributed by atoms with Gasteiger partial charge in [-0.1, -0.05) is 18.2 Å². The Hall–Kier alpha value is -2.74. The normalized spacial score (nSPS) is 10.7. The second kappa shape index (κ2) is 6.62. The van der Waals surface area contributed by atoms with Crippen molar-refractivity contribution in [2.75, 3.05) is 13.1 Å². The predicted octanol–water partition coefficient (Wildman–Crippen LogP) is 0.708. The molecule has 0 fully saturated rings. The Morgan fingerprint density at radius 1 is 1.05 bits per heavy atom. The van der Waals surface area contributed by atoms with E-state index in [0.29, 0.717) is 5.89 Å². The molecule has 0 saturated heterocycles. The third-order valence-corrected chi connectivity index (χ3v) is 2.56. The first-order valence-electron chi connectivity index (χ1n) is 6.08. The summed E-state index contributed by atoms with van der Waals surface area (Å²) < 4.78 is 5.41. The molecule has 8 nitrogen and oxygen atoms in total. The molecule has 1 aromatic heterocycles. The van der Waals surface area contributed by atoms with Crippen molar-refractivity contribution < 1.29 is 24.2 Å². The summed E-state index contributed by atoms with van der Waals surface area (Å²) in [5, 5.41) is 25.2. The van der Waals surface area contributed by atoms with Crippen molar-refractivity contribution >= 4 is 11.9 Å². The van der Waals surface area contributed by atoms with Crippen LogP contribution in [0, 0.1) is 0 Å². The Labute approximate surface area is 119 Å². The van der Waals surface area contributed by atoms with E-state index in [1.165, 1.54) is 4.90 Å². The van der Waals surface area contributed by atoms with E-state index in [4.69, 9.17) is 14.6 Å². The SMILES string of the molecule is O=C(O)CN(CC(=O)O)Cc1nnc(-c2ccccc2)o1. The predicted molar refractivity (Wildman–Crippen MR) is 70.3 cm³/mol. The molecule has 0 bridgehead atoms. The van der Waals surface area contributed by atoms with Crippen molar-refractivity contribution in [2.45, 2.75) is 6.54 Å². The minimum Gasteiger partial charge on any atom is -0.480 e. The maximum Gasteiger partial charge on any atom is 0.317 e. The fourth-order valence-corrected chi connectivity index (χ4v) is 1.76. The van der Waals surface area contributed by atoms with Crippen molar-refractivity contribution in [3.63, 3.8) is 0 Å². The second-order valence-corrected chi connectivity index (χ2v) is 4.30. The van der Waals surface area contributed by atoms with Crippen molar-refractivity contribution in [3.8, 4) is 11.5 Å². The second-order valence-electron chi connectivity index (χ2n) is 4.30. The number of hydrogen-bond donors (Lipinski definition) is 2. The van der Waals surface area contributed by atoms with Crippen LogP contribution < -0.4 is 0 Å². The zero-order valence-electron chi connectivity index (χ0n) is 11.0. The van der Waals surface area contributed by atoms with E-state index in [1.54, 1.807) is 12.1 Å². The van der Waals surface area contributed by atoms with Crippen LogP contribution in [0.1, 0.15) is 5.89 Å². The van der Waals surface area contributed by atoms with Gasteiger partial charge in [-0.15, -0.1) is 10.2 Å². The van der Waals surface area contributed by atoms with Gasteiger partial charge >= 0.3 is 11.9 Å². The van der Waals surface area contributed by atoms with Crippen LogP contribution in [0.3, 0.4) is 0 Å². The molecule has 0 amide bonds. The minimum atomic E-state index is -1.13. The van der Waals surface area contributed by atoms with E-state index >= 15 is 0 Å². The topological polar surface area (TPSA) is 117 Å². The molecule has 2 aromatic rings. The fourth-order valence-electron chi connectivity index (χ4n) is 1.76. The van der Waals surface area contributed by atoms with Crippen molar-refractivity contribution in [1.29, 1.82) is 0 Å². The summed E-state index contributed by atoms with van der Waals surface area (Å²) in [6.07, 6.45) is 0. The van der Waals surface area contributed by atoms with Crippen LogP contribution in [-0.2, 0) is 16.1 Å². The molecule has 8 heteroatoms. The highest BCUT2D eigenvalue weighted by Crippen LogP contribution is 2.17. The number of carboxylic acids is 2. The zero-order valence-corrected chi connectivity index (χ0v) is 11.0. The fraction of sp³-hybridized carbons (Fsp3) is 0.231. The van der Waals surface area contributed by atoms with Crippen LogP contribution in [0.5, 0.6) is 0 Å². The Balaban J connectivity index is 2.09. The van der Waals surface area contributed by atoms with Gasteiger partial charge in [-0.25, -0.2) is 0 Å². The lowest BCUT2D eigenvalue weighted by molar-refractivity contribution is -0.142. The molecule has 0 radical (unpaired) electrons. The van der Waals surface area contributed by atoms with Crippen LogP contribution in [0.2, 0.25) is 0 Å². The molecule has 110 valence electrons. The maximum atomic E-state index is 10.7. The molecule has 21 heavy (non-hydrogen) atoms. The molecule has 0 aliphatic heterocycles. The number of carboxylic acid groups (broad SMARTS) is 2. The highest BCUT2D eigenvalue weighted by atomic mass is 16.4. The van der Waals surface area contributed by atoms with Crippen LogP contribution in [0.4, 0.5) is 0 Å². The summed E-state index contributed by atoms with van der Waals surface area (Å²) in [6, 6.07) is 9.08. The van der Waals surface area contributed by atoms with Gasteiger partial charge < -0.3 is 14.6 Å². The standard InChI is InChI=1S/C13H13N3O5/c17-11(18)7-16(8-12(19)20)6-10-14-15-13(21-10)9-4-2-1-3-5-9/h1-5H,6-8H2,(H,17,18)(H,19,20). The summed E-state index contributed by atoms with van der Waals surface area (Å²) in [4.78, 5) is 22.6. The summed E-state index contributed by atoms with van der Waals surface area (Å²) in [6.45, 7) is -0.886. The van der Waals surface area contributed by atoms with Crippen LogP contribution in [0.15, 0.2) is 34.7 Å². The van der Waals surface area contributed by atoms with Crippen LogP contribution in [-0.4, -0.2) is 50.3 Å². The summed E-state index contributed by atoms with van der Waals surface area (Å²) >= 11 is 0. The lowest BCUT2D eigenvalue weighted by atomic mass is 10.2. The van der Waals surface area contributed by atoms with Crippen LogP contribution >= 0.6 is 0 Å². The molecule has 1 heterocycles. The van der Waals surface area contributed by atoms with E-state index in [0.717, 1.165) is 5.56 Å². The zero-order chi connectivity index (χ0) is 15.2. The summed E-state index contributed by atoms with van der Waals surface area (Å²) in [7, 11) is 0. The lowest BCUT2D eigenvalue weighted by Gasteiger charge is -2.14. The largest absolute Gasteiger partial charge is 0.480 e. The van der Waals surface area contributed by atoms with Crippen molar-refractivity contribution in [2.24, 2.45) is 0 Å². The van der Waals surface area contributed by atoms with Gasteiger partial charge in [0.2, 0.25) is 11.8 Å². The molecule has 0 aliphatic carbocycles. The number of carbonyl (C=O) groups is 2. The number of aliphatic carboxylic acids is 2. The highest BCUT2D eigenvalue weighted by molar-refractivity contribution is 5.72. The number of benzene rings is 1. The molecular weight excluding hydrogens is 278 g/mol. The number of nitrogens with zero attached hydrogens (tertiary/aromatic N) is 3. The summed E-state index contributed by atoms with van der Waals surface area (Å²) in [5.41, 5.74) is 0.735. The molecule has 1 aromatic carbocycles. The first-order valence-corrected chi connectivity index (χ1v) is 6.08. The Kier molecular flexibility index (Phi) is 4.62. The average molecular weight is 291 g/mol. The van der Waals surface area contributed by atoms with Gasteiger partial charge in [0.05, 0.1) is 19.6 Å². The first kappa shape index (κ1) is 14.7. The molecule has 0 atom stereocenters. The number of hydrogen-bond acceptors (Lipinski definition) is 6. The Morgan fingerprint density at radius 3 is 2.24 bits per heavy atom.